The summed E-state index contributed by atoms with van der Waals surface area (Å²) in [6, 6.07) is 1.68. The molecule has 2 aliphatic heterocycles. The lowest BCUT2D eigenvalue weighted by molar-refractivity contribution is -0.131. The first-order valence-corrected chi connectivity index (χ1v) is 9.20. The predicted octanol–water partition coefficient (Wildman–Crippen LogP) is -0.0815. The van der Waals surface area contributed by atoms with Gasteiger partial charge in [0.15, 0.2) is 0 Å². The first-order valence-electron chi connectivity index (χ1n) is 9.20. The SMILES string of the molecule is Cl.Cn1c(=O)c2ccn(CC(=O)N3CC[C@@H]4CNC[C@@H]4CC3)c2n(C)c1=O. The van der Waals surface area contributed by atoms with Crippen molar-refractivity contribution in [1.82, 2.24) is 23.9 Å². The number of amides is 1. The van der Waals surface area contributed by atoms with Crippen LogP contribution in [0.1, 0.15) is 12.8 Å². The lowest BCUT2D eigenvalue weighted by Gasteiger charge is -2.21. The third-order valence-corrected chi connectivity index (χ3v) is 6.04. The number of carbonyl (C=O) groups excluding carboxylic acids is 1. The summed E-state index contributed by atoms with van der Waals surface area (Å²) in [5, 5.41) is 3.90. The second kappa shape index (κ2) is 7.52. The summed E-state index contributed by atoms with van der Waals surface area (Å²) in [4.78, 5) is 39.3. The van der Waals surface area contributed by atoms with E-state index < -0.39 is 0 Å². The average Bonchev–Trinajstić information content (AvgIpc) is 3.20. The van der Waals surface area contributed by atoms with Gasteiger partial charge in [-0.05, 0) is 43.8 Å². The highest BCUT2D eigenvalue weighted by Crippen LogP contribution is 2.27. The van der Waals surface area contributed by atoms with Crippen LogP contribution in [0, 0.1) is 11.8 Å². The van der Waals surface area contributed by atoms with E-state index in [2.05, 4.69) is 5.32 Å². The second-order valence-corrected chi connectivity index (χ2v) is 7.52. The number of carbonyl (C=O) groups is 1. The van der Waals surface area contributed by atoms with Gasteiger partial charge in [0.1, 0.15) is 12.2 Å². The highest BCUT2D eigenvalue weighted by atomic mass is 35.5. The van der Waals surface area contributed by atoms with Crippen molar-refractivity contribution < 1.29 is 4.79 Å². The minimum Gasteiger partial charge on any atom is -0.341 e. The Labute approximate surface area is 163 Å². The van der Waals surface area contributed by atoms with Gasteiger partial charge in [0.05, 0.1) is 5.39 Å². The number of nitrogens with one attached hydrogen (secondary N) is 1. The molecule has 9 heteroatoms. The molecule has 27 heavy (non-hydrogen) atoms. The van der Waals surface area contributed by atoms with Crippen LogP contribution in [0.3, 0.4) is 0 Å². The Morgan fingerprint density at radius 2 is 1.74 bits per heavy atom. The molecule has 1 amide bonds. The summed E-state index contributed by atoms with van der Waals surface area (Å²) in [6.45, 7) is 3.82. The van der Waals surface area contributed by atoms with E-state index in [1.165, 1.54) is 11.6 Å². The largest absolute Gasteiger partial charge is 0.341 e. The van der Waals surface area contributed by atoms with Crippen molar-refractivity contribution >= 4 is 29.3 Å². The number of fused-ring (bicyclic) bond motifs is 2. The molecule has 2 aliphatic rings. The van der Waals surface area contributed by atoms with E-state index in [9.17, 15) is 14.4 Å². The summed E-state index contributed by atoms with van der Waals surface area (Å²) in [7, 11) is 3.10. The molecule has 2 aromatic heterocycles. The van der Waals surface area contributed by atoms with Gasteiger partial charge < -0.3 is 14.8 Å². The zero-order valence-electron chi connectivity index (χ0n) is 15.7. The number of aryl methyl sites for hydroxylation is 1. The Morgan fingerprint density at radius 3 is 2.37 bits per heavy atom. The normalized spacial score (nSPS) is 22.4. The van der Waals surface area contributed by atoms with Crippen LogP contribution < -0.4 is 16.6 Å². The Kier molecular flexibility index (Phi) is 5.48. The Morgan fingerprint density at radius 1 is 1.11 bits per heavy atom. The quantitative estimate of drug-likeness (QED) is 0.771. The summed E-state index contributed by atoms with van der Waals surface area (Å²) < 4.78 is 4.24. The van der Waals surface area contributed by atoms with E-state index in [4.69, 9.17) is 0 Å². The lowest BCUT2D eigenvalue weighted by atomic mass is 9.92. The van der Waals surface area contributed by atoms with Crippen molar-refractivity contribution in [1.29, 1.82) is 0 Å². The van der Waals surface area contributed by atoms with Crippen molar-refractivity contribution in [3.05, 3.63) is 33.1 Å². The molecule has 1 N–H and O–H groups in total. The highest BCUT2D eigenvalue weighted by Gasteiger charge is 2.31. The topological polar surface area (TPSA) is 81.3 Å². The first kappa shape index (κ1) is 19.7. The Bertz CT molecular complexity index is 962. The fourth-order valence-corrected chi connectivity index (χ4v) is 4.43. The van der Waals surface area contributed by atoms with Crippen molar-refractivity contribution in [3.63, 3.8) is 0 Å². The number of likely N-dealkylation sites (tertiary alicyclic amines) is 1. The van der Waals surface area contributed by atoms with Gasteiger partial charge in [-0.25, -0.2) is 4.79 Å². The van der Waals surface area contributed by atoms with Crippen LogP contribution >= 0.6 is 12.4 Å². The number of nitrogens with zero attached hydrogens (tertiary/aromatic N) is 4. The van der Waals surface area contributed by atoms with Gasteiger partial charge in [-0.3, -0.25) is 18.7 Å². The zero-order valence-corrected chi connectivity index (χ0v) is 16.5. The van der Waals surface area contributed by atoms with E-state index in [1.807, 2.05) is 4.90 Å². The molecule has 2 aromatic rings. The van der Waals surface area contributed by atoms with Crippen LogP contribution in [-0.4, -0.2) is 50.7 Å². The van der Waals surface area contributed by atoms with Crippen molar-refractivity contribution in [3.8, 4) is 0 Å². The molecule has 0 unspecified atom stereocenters. The number of halogens is 1. The maximum atomic E-state index is 12.8. The third kappa shape index (κ3) is 3.32. The van der Waals surface area contributed by atoms with Gasteiger partial charge in [-0.15, -0.1) is 12.4 Å². The number of aromatic nitrogens is 3. The van der Waals surface area contributed by atoms with Gasteiger partial charge in [0.2, 0.25) is 5.91 Å². The Hall–Kier alpha value is -2.06. The standard InChI is InChI=1S/C18H25N5O3.ClH/c1-20-16-14(17(25)21(2)18(20)26)5-8-23(16)11-15(24)22-6-3-12-9-19-10-13(12)4-7-22;/h5,8,12-13,19H,3-4,6-7,9-11H2,1-2H3;1H/t12-,13+;. The molecule has 148 valence electrons. The van der Waals surface area contributed by atoms with Crippen molar-refractivity contribution in [2.75, 3.05) is 26.2 Å². The minimum atomic E-state index is -0.384. The second-order valence-electron chi connectivity index (χ2n) is 7.52. The van der Waals surface area contributed by atoms with Gasteiger partial charge in [-0.1, -0.05) is 0 Å². The third-order valence-electron chi connectivity index (χ3n) is 6.04. The minimum absolute atomic E-state index is 0. The average molecular weight is 396 g/mol. The Balaban J connectivity index is 0.00000210. The van der Waals surface area contributed by atoms with Crippen LogP contribution in [0.25, 0.3) is 11.0 Å². The first-order chi connectivity index (χ1) is 12.5. The molecule has 0 bridgehead atoms. The molecule has 2 saturated heterocycles. The van der Waals surface area contributed by atoms with Gasteiger partial charge >= 0.3 is 5.69 Å². The molecular formula is C18H26ClN5O3. The number of hydrogen-bond donors (Lipinski definition) is 1. The van der Waals surface area contributed by atoms with Crippen LogP contribution in [0.5, 0.6) is 0 Å². The molecule has 2 atom stereocenters. The van der Waals surface area contributed by atoms with Crippen LogP contribution in [0.2, 0.25) is 0 Å². The molecule has 0 aromatic carbocycles. The zero-order chi connectivity index (χ0) is 18.4. The van der Waals surface area contributed by atoms with Gasteiger partial charge in [0.25, 0.3) is 5.56 Å². The monoisotopic (exact) mass is 395 g/mol. The fourth-order valence-electron chi connectivity index (χ4n) is 4.43. The van der Waals surface area contributed by atoms with E-state index in [0.29, 0.717) is 22.9 Å². The van der Waals surface area contributed by atoms with Crippen molar-refractivity contribution in [2.45, 2.75) is 19.4 Å². The summed E-state index contributed by atoms with van der Waals surface area (Å²) in [5.41, 5.74) is -0.211. The molecule has 4 rings (SSSR count). The van der Waals surface area contributed by atoms with Gasteiger partial charge in [-0.2, -0.15) is 0 Å². The molecule has 0 radical (unpaired) electrons. The van der Waals surface area contributed by atoms with E-state index in [1.54, 1.807) is 23.9 Å². The van der Waals surface area contributed by atoms with Gasteiger partial charge in [0, 0.05) is 33.4 Å². The molecule has 8 nitrogen and oxygen atoms in total. The van der Waals surface area contributed by atoms with E-state index in [-0.39, 0.29) is 36.1 Å². The smallest absolute Gasteiger partial charge is 0.332 e. The fraction of sp³-hybridized carbons (Fsp3) is 0.611. The van der Waals surface area contributed by atoms with Crippen LogP contribution in [0.15, 0.2) is 21.9 Å². The van der Waals surface area contributed by atoms with Crippen LogP contribution in [0.4, 0.5) is 0 Å². The molecule has 4 heterocycles. The highest BCUT2D eigenvalue weighted by molar-refractivity contribution is 5.85. The maximum Gasteiger partial charge on any atom is 0.332 e. The molecule has 2 fully saturated rings. The van der Waals surface area contributed by atoms with E-state index in [0.717, 1.165) is 43.6 Å². The summed E-state index contributed by atoms with van der Waals surface area (Å²) >= 11 is 0. The molecular weight excluding hydrogens is 370 g/mol. The number of hydrogen-bond acceptors (Lipinski definition) is 4. The van der Waals surface area contributed by atoms with E-state index >= 15 is 0 Å². The molecule has 0 spiro atoms. The predicted molar refractivity (Wildman–Crippen MR) is 105 cm³/mol. The number of rotatable bonds is 2. The van der Waals surface area contributed by atoms with Crippen LogP contribution in [-0.2, 0) is 25.4 Å². The molecule has 0 saturated carbocycles. The lowest BCUT2D eigenvalue weighted by Crippen LogP contribution is -2.38. The molecule has 0 aliphatic carbocycles. The maximum absolute atomic E-state index is 12.8. The summed E-state index contributed by atoms with van der Waals surface area (Å²) in [6.07, 6.45) is 3.80. The summed E-state index contributed by atoms with van der Waals surface area (Å²) in [5.74, 6) is 1.39. The van der Waals surface area contributed by atoms with Crippen molar-refractivity contribution in [2.24, 2.45) is 25.9 Å².